The van der Waals surface area contributed by atoms with Crippen molar-refractivity contribution in [2.75, 3.05) is 20.1 Å². The van der Waals surface area contributed by atoms with Crippen LogP contribution in [0.15, 0.2) is 0 Å². The molecule has 2 heteroatoms. The maximum absolute atomic E-state index is 2.48. The van der Waals surface area contributed by atoms with Gasteiger partial charge in [-0.2, -0.15) is 0 Å². The van der Waals surface area contributed by atoms with Crippen LogP contribution in [0.2, 0.25) is 0 Å². The molecule has 0 fully saturated rings. The van der Waals surface area contributed by atoms with Crippen molar-refractivity contribution in [1.29, 1.82) is 0 Å². The van der Waals surface area contributed by atoms with Gasteiger partial charge < -0.3 is 4.90 Å². The third-order valence-corrected chi connectivity index (χ3v) is 3.57. The molecule has 0 N–H and O–H groups in total. The lowest BCUT2D eigenvalue weighted by Crippen LogP contribution is -2.24. The van der Waals surface area contributed by atoms with E-state index in [-0.39, 0.29) is 12.4 Å². The van der Waals surface area contributed by atoms with Gasteiger partial charge in [-0.25, -0.2) is 0 Å². The molecule has 19 heavy (non-hydrogen) atoms. The lowest BCUT2D eigenvalue weighted by atomic mass is 10.1. The summed E-state index contributed by atoms with van der Waals surface area (Å²) < 4.78 is 0. The molecule has 118 valence electrons. The van der Waals surface area contributed by atoms with E-state index in [1.165, 1.54) is 77.3 Å². The molecule has 0 aliphatic heterocycles. The number of hydrogen-bond acceptors (Lipinski definition) is 1. The Balaban J connectivity index is 0. The molecule has 0 aliphatic rings. The lowest BCUT2D eigenvalue weighted by Gasteiger charge is -2.18. The highest BCUT2D eigenvalue weighted by Crippen LogP contribution is 2.10. The topological polar surface area (TPSA) is 3.24 Å². The minimum atomic E-state index is 0. The molecule has 0 rings (SSSR count). The Hall–Kier alpha value is 0.250. The third-order valence-electron chi connectivity index (χ3n) is 3.57. The van der Waals surface area contributed by atoms with E-state index in [1.54, 1.807) is 0 Å². The molecule has 0 radical (unpaired) electrons. The first-order chi connectivity index (χ1) is 8.66. The van der Waals surface area contributed by atoms with Crippen LogP contribution in [0.3, 0.4) is 0 Å². The second-order valence-electron chi connectivity index (χ2n) is 6.34. The van der Waals surface area contributed by atoms with Gasteiger partial charge in [0.2, 0.25) is 0 Å². The highest BCUT2D eigenvalue weighted by molar-refractivity contribution is 5.85. The average molecular weight is 292 g/mol. The number of hydrogen-bond donors (Lipinski definition) is 0. The zero-order valence-corrected chi connectivity index (χ0v) is 14.7. The molecule has 0 aromatic rings. The van der Waals surface area contributed by atoms with Crippen molar-refractivity contribution >= 4 is 12.4 Å². The summed E-state index contributed by atoms with van der Waals surface area (Å²) in [7, 11) is 2.26. The van der Waals surface area contributed by atoms with Gasteiger partial charge in [-0.15, -0.1) is 12.4 Å². The SMILES string of the molecule is CCCCCCCCCCCCN(C)CC(C)C.Cl. The van der Waals surface area contributed by atoms with Crippen LogP contribution in [0.4, 0.5) is 0 Å². The molecule has 0 atom stereocenters. The Morgan fingerprint density at radius 3 is 1.58 bits per heavy atom. The molecule has 0 bridgehead atoms. The monoisotopic (exact) mass is 291 g/mol. The van der Waals surface area contributed by atoms with Crippen LogP contribution in [0.25, 0.3) is 0 Å². The van der Waals surface area contributed by atoms with Crippen molar-refractivity contribution in [3.63, 3.8) is 0 Å². The minimum Gasteiger partial charge on any atom is -0.306 e. The summed E-state index contributed by atoms with van der Waals surface area (Å²) in [4.78, 5) is 2.48. The highest BCUT2D eigenvalue weighted by Gasteiger charge is 2.00. The molecule has 0 saturated heterocycles. The predicted octanol–water partition coefficient (Wildman–Crippen LogP) is 5.92. The van der Waals surface area contributed by atoms with E-state index in [0.717, 1.165) is 5.92 Å². The predicted molar refractivity (Wildman–Crippen MR) is 91.4 cm³/mol. The van der Waals surface area contributed by atoms with Crippen LogP contribution < -0.4 is 0 Å². The smallest absolute Gasteiger partial charge is 0.000133 e. The van der Waals surface area contributed by atoms with Crippen molar-refractivity contribution in [3.05, 3.63) is 0 Å². The Labute approximate surface area is 128 Å². The first-order valence-corrected chi connectivity index (χ1v) is 8.35. The van der Waals surface area contributed by atoms with Crippen LogP contribution in [0.1, 0.15) is 85.0 Å². The fourth-order valence-electron chi connectivity index (χ4n) is 2.58. The largest absolute Gasteiger partial charge is 0.306 e. The molecule has 0 aromatic carbocycles. The van der Waals surface area contributed by atoms with E-state index in [1.807, 2.05) is 0 Å². The van der Waals surface area contributed by atoms with E-state index in [4.69, 9.17) is 0 Å². The van der Waals surface area contributed by atoms with Crippen LogP contribution in [-0.2, 0) is 0 Å². The number of nitrogens with zero attached hydrogens (tertiary/aromatic N) is 1. The van der Waals surface area contributed by atoms with E-state index in [9.17, 15) is 0 Å². The third kappa shape index (κ3) is 18.2. The average Bonchev–Trinajstić information content (AvgIpc) is 2.30. The van der Waals surface area contributed by atoms with Crippen molar-refractivity contribution in [1.82, 2.24) is 4.90 Å². The minimum absolute atomic E-state index is 0. The summed E-state index contributed by atoms with van der Waals surface area (Å²) >= 11 is 0. The summed E-state index contributed by atoms with van der Waals surface area (Å²) in [5.41, 5.74) is 0. The molecule has 0 spiro atoms. The van der Waals surface area contributed by atoms with Crippen LogP contribution in [0.5, 0.6) is 0 Å². The summed E-state index contributed by atoms with van der Waals surface area (Å²) in [6, 6.07) is 0. The summed E-state index contributed by atoms with van der Waals surface area (Å²) in [6.07, 6.45) is 14.4. The molecule has 0 saturated carbocycles. The normalized spacial score (nSPS) is 11.1. The van der Waals surface area contributed by atoms with Gasteiger partial charge in [0.15, 0.2) is 0 Å². The molecule has 0 aromatic heterocycles. The van der Waals surface area contributed by atoms with Gasteiger partial charge in [-0.3, -0.25) is 0 Å². The fourth-order valence-corrected chi connectivity index (χ4v) is 2.58. The Kier molecular flexibility index (Phi) is 18.5. The van der Waals surface area contributed by atoms with E-state index >= 15 is 0 Å². The van der Waals surface area contributed by atoms with E-state index < -0.39 is 0 Å². The maximum Gasteiger partial charge on any atom is 0.000133 e. The van der Waals surface area contributed by atoms with Gasteiger partial charge in [0.1, 0.15) is 0 Å². The van der Waals surface area contributed by atoms with Gasteiger partial charge in [0, 0.05) is 6.54 Å². The summed E-state index contributed by atoms with van der Waals surface area (Å²) in [5.74, 6) is 0.804. The van der Waals surface area contributed by atoms with Gasteiger partial charge in [-0.1, -0.05) is 78.6 Å². The number of unbranched alkanes of at least 4 members (excludes halogenated alkanes) is 9. The molecule has 0 aliphatic carbocycles. The first-order valence-electron chi connectivity index (χ1n) is 8.35. The first kappa shape index (κ1) is 21.5. The molecular weight excluding hydrogens is 254 g/mol. The summed E-state index contributed by atoms with van der Waals surface area (Å²) in [5, 5.41) is 0. The van der Waals surface area contributed by atoms with Gasteiger partial charge in [-0.05, 0) is 25.9 Å². The maximum atomic E-state index is 2.48. The zero-order chi connectivity index (χ0) is 13.6. The van der Waals surface area contributed by atoms with E-state index in [0.29, 0.717) is 0 Å². The molecule has 0 heterocycles. The molecule has 1 nitrogen and oxygen atoms in total. The second kappa shape index (κ2) is 16.3. The molecule has 0 amide bonds. The molecule has 0 unspecified atom stereocenters. The van der Waals surface area contributed by atoms with Crippen molar-refractivity contribution in [2.45, 2.75) is 85.0 Å². The Morgan fingerprint density at radius 2 is 1.16 bits per heavy atom. The Morgan fingerprint density at radius 1 is 0.737 bits per heavy atom. The second-order valence-corrected chi connectivity index (χ2v) is 6.34. The lowest BCUT2D eigenvalue weighted by molar-refractivity contribution is 0.288. The summed E-state index contributed by atoms with van der Waals surface area (Å²) in [6.45, 7) is 9.42. The molecular formula is C17H38ClN. The van der Waals surface area contributed by atoms with Gasteiger partial charge in [0.25, 0.3) is 0 Å². The van der Waals surface area contributed by atoms with Crippen LogP contribution in [0, 0.1) is 5.92 Å². The quantitative estimate of drug-likeness (QED) is 0.381. The van der Waals surface area contributed by atoms with Crippen molar-refractivity contribution in [2.24, 2.45) is 5.92 Å². The van der Waals surface area contributed by atoms with Crippen LogP contribution >= 0.6 is 12.4 Å². The van der Waals surface area contributed by atoms with Crippen molar-refractivity contribution < 1.29 is 0 Å². The van der Waals surface area contributed by atoms with Crippen LogP contribution in [-0.4, -0.2) is 25.0 Å². The van der Waals surface area contributed by atoms with E-state index in [2.05, 4.69) is 32.7 Å². The standard InChI is InChI=1S/C17H37N.ClH/c1-5-6-7-8-9-10-11-12-13-14-15-18(4)16-17(2)3;/h17H,5-16H2,1-4H3;1H. The Bertz CT molecular complexity index is 159. The van der Waals surface area contributed by atoms with Crippen molar-refractivity contribution in [3.8, 4) is 0 Å². The number of halogens is 1. The zero-order valence-electron chi connectivity index (χ0n) is 13.9. The van der Waals surface area contributed by atoms with Gasteiger partial charge in [0.05, 0.1) is 0 Å². The van der Waals surface area contributed by atoms with Gasteiger partial charge >= 0.3 is 0 Å². The fraction of sp³-hybridized carbons (Fsp3) is 1.00. The highest BCUT2D eigenvalue weighted by atomic mass is 35.5. The number of rotatable bonds is 13.